The Morgan fingerprint density at radius 3 is 2.45 bits per heavy atom. The molecule has 0 amide bonds. The summed E-state index contributed by atoms with van der Waals surface area (Å²) in [5.74, 6) is -0.514. The number of nitrogens with zero attached hydrogens (tertiary/aromatic N) is 3. The van der Waals surface area contributed by atoms with Crippen molar-refractivity contribution >= 4 is 31.7 Å². The minimum absolute atomic E-state index is 0.0122. The number of aliphatic hydroxyl groups is 1. The molecule has 2 aromatic carbocycles. The van der Waals surface area contributed by atoms with Gasteiger partial charge in [0.15, 0.2) is 0 Å². The van der Waals surface area contributed by atoms with Crippen LogP contribution in [0.2, 0.25) is 0 Å². The van der Waals surface area contributed by atoms with Gasteiger partial charge in [-0.1, -0.05) is 6.07 Å². The highest BCUT2D eigenvalue weighted by Gasteiger charge is 2.29. The second-order valence-corrected chi connectivity index (χ2v) is 13.7. The second kappa shape index (κ2) is 13.2. The zero-order chi connectivity index (χ0) is 30.5. The lowest BCUT2D eigenvalue weighted by Gasteiger charge is -2.31. The van der Waals surface area contributed by atoms with Crippen LogP contribution in [-0.2, 0) is 24.8 Å². The Morgan fingerprint density at radius 2 is 1.81 bits per heavy atom. The van der Waals surface area contributed by atoms with Crippen molar-refractivity contribution in [2.24, 2.45) is 5.92 Å². The van der Waals surface area contributed by atoms with Gasteiger partial charge in [-0.15, -0.1) is 0 Å². The lowest BCUT2D eigenvalue weighted by Crippen LogP contribution is -2.41. The number of carbonyl (C=O) groups is 1. The maximum atomic E-state index is 13.2. The summed E-state index contributed by atoms with van der Waals surface area (Å²) >= 11 is 0. The minimum atomic E-state index is -3.69. The van der Waals surface area contributed by atoms with E-state index in [4.69, 9.17) is 4.74 Å². The Bertz CT molecular complexity index is 1600. The molecule has 13 nitrogen and oxygen atoms in total. The lowest BCUT2D eigenvalue weighted by molar-refractivity contribution is 0.0526. The first-order valence-corrected chi connectivity index (χ1v) is 16.7. The van der Waals surface area contributed by atoms with Crippen LogP contribution < -0.4 is 10.0 Å². The van der Waals surface area contributed by atoms with Crippen molar-refractivity contribution in [1.82, 2.24) is 19.4 Å². The molecule has 4 N–H and O–H groups in total. The van der Waals surface area contributed by atoms with Gasteiger partial charge in [-0.2, -0.15) is 9.40 Å². The van der Waals surface area contributed by atoms with Crippen LogP contribution in [0.1, 0.15) is 41.8 Å². The number of ether oxygens (including phenoxy) is 1. The van der Waals surface area contributed by atoms with E-state index in [0.29, 0.717) is 49.3 Å². The summed E-state index contributed by atoms with van der Waals surface area (Å²) in [4.78, 5) is 12.0. The lowest BCUT2D eigenvalue weighted by atomic mass is 9.98. The predicted octanol–water partition coefficient (Wildman–Crippen LogP) is 1.85. The maximum absolute atomic E-state index is 13.2. The summed E-state index contributed by atoms with van der Waals surface area (Å²) < 4.78 is 59.6. The van der Waals surface area contributed by atoms with Crippen LogP contribution in [0.15, 0.2) is 59.8 Å². The average Bonchev–Trinajstić information content (AvgIpc) is 3.45. The Hall–Kier alpha value is -3.50. The molecule has 1 saturated heterocycles. The quantitative estimate of drug-likeness (QED) is 0.172. The molecule has 0 spiro atoms. The van der Waals surface area contributed by atoms with Gasteiger partial charge < -0.3 is 20.3 Å². The predicted molar refractivity (Wildman–Crippen MR) is 155 cm³/mol. The number of phenolic OH excluding ortho intramolecular Hbond substituents is 1. The Kier molecular flexibility index (Phi) is 9.89. The molecule has 0 unspecified atom stereocenters. The first-order valence-electron chi connectivity index (χ1n) is 13.4. The van der Waals surface area contributed by atoms with Crippen LogP contribution >= 0.6 is 0 Å². The Morgan fingerprint density at radius 1 is 1.12 bits per heavy atom. The average molecular weight is 622 g/mol. The molecule has 0 bridgehead atoms. The summed E-state index contributed by atoms with van der Waals surface area (Å²) in [7, 11) is -7.29. The summed E-state index contributed by atoms with van der Waals surface area (Å²) in [5, 5.41) is 27.8. The molecule has 2 heterocycles. The number of nitrogens with one attached hydrogen (secondary N) is 2. The van der Waals surface area contributed by atoms with E-state index in [1.807, 2.05) is 0 Å². The highest BCUT2D eigenvalue weighted by atomic mass is 32.2. The minimum Gasteiger partial charge on any atom is -0.506 e. The summed E-state index contributed by atoms with van der Waals surface area (Å²) in [5.41, 5.74) is 1.33. The largest absolute Gasteiger partial charge is 0.506 e. The summed E-state index contributed by atoms with van der Waals surface area (Å²) in [6.07, 6.45) is 4.24. The number of aliphatic hydroxyl groups excluding tert-OH is 1. The van der Waals surface area contributed by atoms with Gasteiger partial charge in [0.2, 0.25) is 20.0 Å². The Labute approximate surface area is 245 Å². The topological polar surface area (TPSA) is 180 Å². The molecule has 228 valence electrons. The van der Waals surface area contributed by atoms with Gasteiger partial charge >= 0.3 is 5.97 Å². The normalized spacial score (nSPS) is 15.8. The zero-order valence-electron chi connectivity index (χ0n) is 23.3. The van der Waals surface area contributed by atoms with Crippen molar-refractivity contribution in [3.8, 4) is 11.4 Å². The molecule has 1 fully saturated rings. The number of benzene rings is 2. The number of carbonyl (C=O) groups excluding carboxylic acids is 1. The number of esters is 1. The number of hydrogen-bond donors (Lipinski definition) is 4. The molecule has 1 atom stereocenters. The van der Waals surface area contributed by atoms with E-state index < -0.39 is 32.1 Å². The second-order valence-electron chi connectivity index (χ2n) is 10.1. The number of phenols is 1. The van der Waals surface area contributed by atoms with Crippen LogP contribution in [0.4, 0.5) is 5.69 Å². The molecule has 3 aromatic rings. The fourth-order valence-electron chi connectivity index (χ4n) is 4.64. The molecule has 15 heteroatoms. The third-order valence-corrected chi connectivity index (χ3v) is 9.38. The molecule has 0 saturated carbocycles. The number of aromatic hydroxyl groups is 1. The zero-order valence-corrected chi connectivity index (χ0v) is 24.9. The van der Waals surface area contributed by atoms with E-state index in [9.17, 15) is 31.8 Å². The molecule has 42 heavy (non-hydrogen) atoms. The first kappa shape index (κ1) is 31.4. The monoisotopic (exact) mass is 621 g/mol. The Balaban J connectivity index is 1.27. The van der Waals surface area contributed by atoms with Gasteiger partial charge in [0, 0.05) is 25.8 Å². The van der Waals surface area contributed by atoms with Crippen LogP contribution in [0, 0.1) is 5.92 Å². The van der Waals surface area contributed by atoms with E-state index >= 15 is 0 Å². The van der Waals surface area contributed by atoms with Gasteiger partial charge in [-0.05, 0) is 74.2 Å². The fourth-order valence-corrected chi connectivity index (χ4v) is 6.67. The van der Waals surface area contributed by atoms with Gasteiger partial charge in [0.25, 0.3) is 0 Å². The molecule has 1 aliphatic heterocycles. The van der Waals surface area contributed by atoms with Crippen molar-refractivity contribution in [2.45, 2.75) is 30.8 Å². The maximum Gasteiger partial charge on any atom is 0.341 e. The first-order chi connectivity index (χ1) is 19.9. The standard InChI is InChI=1S/C27H35N5O8S2/c1-3-40-27(35)21-16-29-32(18-21)22-5-7-23(8-6-22)42(38,39)31-12-10-19(11-13-31)15-28-17-26(34)20-4-9-25(33)24(14-20)30-41(2,36)37/h4-9,14,16,18-19,26,28,30,33-34H,3,10-13,15,17H2,1-2H3/t26-/m0/s1. The van der Waals surface area contributed by atoms with Crippen molar-refractivity contribution in [3.63, 3.8) is 0 Å². The van der Waals surface area contributed by atoms with E-state index in [2.05, 4.69) is 15.1 Å². The van der Waals surface area contributed by atoms with Crippen molar-refractivity contribution in [1.29, 1.82) is 0 Å². The van der Waals surface area contributed by atoms with Crippen LogP contribution in [-0.4, -0.2) is 86.1 Å². The number of hydrogen-bond acceptors (Lipinski definition) is 10. The molecule has 1 aliphatic rings. The number of aromatic nitrogens is 2. The van der Waals surface area contributed by atoms with E-state index in [-0.39, 0.29) is 35.4 Å². The van der Waals surface area contributed by atoms with Crippen LogP contribution in [0.25, 0.3) is 5.69 Å². The molecular weight excluding hydrogens is 586 g/mol. The van der Waals surface area contributed by atoms with E-state index in [0.717, 1.165) is 6.26 Å². The highest BCUT2D eigenvalue weighted by Crippen LogP contribution is 2.28. The molecule has 4 rings (SSSR count). The molecular formula is C27H35N5O8S2. The van der Waals surface area contributed by atoms with Gasteiger partial charge in [-0.25, -0.2) is 26.3 Å². The van der Waals surface area contributed by atoms with Crippen LogP contribution in [0.3, 0.4) is 0 Å². The molecule has 1 aromatic heterocycles. The van der Waals surface area contributed by atoms with Gasteiger partial charge in [-0.3, -0.25) is 4.72 Å². The van der Waals surface area contributed by atoms with Gasteiger partial charge in [0.05, 0.1) is 47.0 Å². The van der Waals surface area contributed by atoms with Gasteiger partial charge in [0.1, 0.15) is 5.75 Å². The van der Waals surface area contributed by atoms with Crippen molar-refractivity contribution < 1.29 is 36.6 Å². The SMILES string of the molecule is CCOC(=O)c1cnn(-c2ccc(S(=O)(=O)N3CCC(CNC[C@H](O)c4ccc(O)c(NS(C)(=O)=O)c4)CC3)cc2)c1. The fraction of sp³-hybridized carbons (Fsp3) is 0.407. The van der Waals surface area contributed by atoms with Crippen molar-refractivity contribution in [2.75, 3.05) is 43.8 Å². The van der Waals surface area contributed by atoms with E-state index in [1.54, 1.807) is 19.1 Å². The number of anilines is 1. The van der Waals surface area contributed by atoms with E-state index in [1.165, 1.54) is 51.7 Å². The smallest absolute Gasteiger partial charge is 0.341 e. The molecule has 0 radical (unpaired) electrons. The number of sulfonamides is 2. The third-order valence-electron chi connectivity index (χ3n) is 6.88. The molecule has 0 aliphatic carbocycles. The third kappa shape index (κ3) is 7.86. The number of piperidine rings is 1. The van der Waals surface area contributed by atoms with Crippen molar-refractivity contribution in [3.05, 3.63) is 66.0 Å². The highest BCUT2D eigenvalue weighted by molar-refractivity contribution is 7.92. The number of rotatable bonds is 12. The summed E-state index contributed by atoms with van der Waals surface area (Å²) in [6, 6.07) is 10.5. The summed E-state index contributed by atoms with van der Waals surface area (Å²) in [6.45, 7) is 3.46. The van der Waals surface area contributed by atoms with Crippen LogP contribution in [0.5, 0.6) is 5.75 Å².